The summed E-state index contributed by atoms with van der Waals surface area (Å²) in [5.74, 6) is -0.237. The molecule has 4 heteroatoms. The number of ketones is 1. The number of amides is 1. The highest BCUT2D eigenvalue weighted by Gasteiger charge is 2.37. The second-order valence-corrected chi connectivity index (χ2v) is 4.90. The highest BCUT2D eigenvalue weighted by molar-refractivity contribution is 6.13. The zero-order valence-corrected chi connectivity index (χ0v) is 9.41. The SMILES string of the molecule is CC(C)(O)CC1NC(=O)C2=C1C(=O)CC=C2. The molecule has 0 spiro atoms. The van der Waals surface area contributed by atoms with Gasteiger partial charge in [-0.15, -0.1) is 0 Å². The molecule has 0 aromatic heterocycles. The summed E-state index contributed by atoms with van der Waals surface area (Å²) >= 11 is 0. The number of Topliss-reactive ketones (excluding diaryl/α,β-unsaturated/α-hetero) is 1. The number of hydrogen-bond acceptors (Lipinski definition) is 3. The molecule has 1 aliphatic heterocycles. The van der Waals surface area contributed by atoms with Crippen molar-refractivity contribution >= 4 is 11.7 Å². The van der Waals surface area contributed by atoms with Gasteiger partial charge in [-0.2, -0.15) is 0 Å². The molecular weight excluding hydrogens is 206 g/mol. The summed E-state index contributed by atoms with van der Waals surface area (Å²) in [5, 5.41) is 12.5. The summed E-state index contributed by atoms with van der Waals surface area (Å²) in [5.41, 5.74) is 0.0992. The second kappa shape index (κ2) is 3.56. The maximum Gasteiger partial charge on any atom is 0.252 e. The fraction of sp³-hybridized carbons (Fsp3) is 0.500. The van der Waals surface area contributed by atoms with Crippen molar-refractivity contribution in [2.75, 3.05) is 0 Å². The Bertz CT molecular complexity index is 412. The first-order valence-electron chi connectivity index (χ1n) is 5.35. The molecule has 1 atom stereocenters. The first kappa shape index (κ1) is 11.1. The van der Waals surface area contributed by atoms with Crippen LogP contribution in [0.1, 0.15) is 26.7 Å². The van der Waals surface area contributed by atoms with E-state index in [1.165, 1.54) is 0 Å². The number of carbonyl (C=O) groups excluding carboxylic acids is 2. The standard InChI is InChI=1S/C12H15NO3/c1-12(2,16)6-8-10-7(11(15)13-8)4-3-5-9(10)14/h3-4,8,16H,5-6H2,1-2H3,(H,13,15). The third-order valence-corrected chi connectivity index (χ3v) is 2.78. The monoisotopic (exact) mass is 221 g/mol. The van der Waals surface area contributed by atoms with Crippen molar-refractivity contribution in [2.24, 2.45) is 0 Å². The van der Waals surface area contributed by atoms with Gasteiger partial charge < -0.3 is 10.4 Å². The van der Waals surface area contributed by atoms with Gasteiger partial charge in [0.1, 0.15) is 0 Å². The predicted molar refractivity (Wildman–Crippen MR) is 58.6 cm³/mol. The summed E-state index contributed by atoms with van der Waals surface area (Å²) in [7, 11) is 0. The predicted octanol–water partition coefficient (Wildman–Crippen LogP) is 0.471. The van der Waals surface area contributed by atoms with Crippen LogP contribution < -0.4 is 5.32 Å². The van der Waals surface area contributed by atoms with Crippen molar-refractivity contribution in [3.63, 3.8) is 0 Å². The largest absolute Gasteiger partial charge is 0.390 e. The van der Waals surface area contributed by atoms with E-state index >= 15 is 0 Å². The Kier molecular flexibility index (Phi) is 2.46. The summed E-state index contributed by atoms with van der Waals surface area (Å²) in [6.45, 7) is 3.34. The van der Waals surface area contributed by atoms with E-state index < -0.39 is 5.60 Å². The number of nitrogens with one attached hydrogen (secondary N) is 1. The third-order valence-electron chi connectivity index (χ3n) is 2.78. The van der Waals surface area contributed by atoms with E-state index in [4.69, 9.17) is 0 Å². The van der Waals surface area contributed by atoms with Gasteiger partial charge in [-0.25, -0.2) is 0 Å². The summed E-state index contributed by atoms with van der Waals surface area (Å²) in [4.78, 5) is 23.3. The average Bonchev–Trinajstić information content (AvgIpc) is 2.42. The maximum absolute atomic E-state index is 11.7. The number of carbonyl (C=O) groups is 2. The Labute approximate surface area is 94.0 Å². The van der Waals surface area contributed by atoms with Crippen LogP contribution in [0.3, 0.4) is 0 Å². The van der Waals surface area contributed by atoms with Crippen LogP contribution in [0.4, 0.5) is 0 Å². The van der Waals surface area contributed by atoms with Crippen LogP contribution in [-0.4, -0.2) is 28.4 Å². The third kappa shape index (κ3) is 1.93. The van der Waals surface area contributed by atoms with Gasteiger partial charge in [-0.1, -0.05) is 12.2 Å². The van der Waals surface area contributed by atoms with Gasteiger partial charge in [0.25, 0.3) is 5.91 Å². The molecule has 0 saturated heterocycles. The van der Waals surface area contributed by atoms with Crippen molar-refractivity contribution < 1.29 is 14.7 Å². The average molecular weight is 221 g/mol. The molecule has 2 aliphatic rings. The number of aliphatic hydroxyl groups is 1. The number of hydrogen-bond donors (Lipinski definition) is 2. The Morgan fingerprint density at radius 3 is 2.81 bits per heavy atom. The van der Waals surface area contributed by atoms with E-state index in [2.05, 4.69) is 5.32 Å². The van der Waals surface area contributed by atoms with Crippen molar-refractivity contribution in [1.82, 2.24) is 5.32 Å². The smallest absolute Gasteiger partial charge is 0.252 e. The minimum absolute atomic E-state index is 0.0231. The minimum Gasteiger partial charge on any atom is -0.390 e. The molecule has 0 fully saturated rings. The van der Waals surface area contributed by atoms with E-state index in [1.807, 2.05) is 0 Å². The molecule has 4 nitrogen and oxygen atoms in total. The zero-order valence-electron chi connectivity index (χ0n) is 9.41. The Hall–Kier alpha value is -1.42. The van der Waals surface area contributed by atoms with Gasteiger partial charge in [-0.3, -0.25) is 9.59 Å². The minimum atomic E-state index is -0.901. The van der Waals surface area contributed by atoms with Crippen molar-refractivity contribution in [2.45, 2.75) is 38.3 Å². The van der Waals surface area contributed by atoms with Crippen LogP contribution in [0, 0.1) is 0 Å². The molecule has 0 aromatic rings. The fourth-order valence-corrected chi connectivity index (χ4v) is 2.17. The molecule has 1 aliphatic carbocycles. The van der Waals surface area contributed by atoms with Gasteiger partial charge >= 0.3 is 0 Å². The molecule has 2 rings (SSSR count). The Morgan fingerprint density at radius 2 is 2.19 bits per heavy atom. The molecule has 0 aromatic carbocycles. The quantitative estimate of drug-likeness (QED) is 0.712. The van der Waals surface area contributed by atoms with Crippen LogP contribution >= 0.6 is 0 Å². The van der Waals surface area contributed by atoms with Crippen LogP contribution in [-0.2, 0) is 9.59 Å². The lowest BCUT2D eigenvalue weighted by Crippen LogP contribution is -2.37. The topological polar surface area (TPSA) is 66.4 Å². The van der Waals surface area contributed by atoms with Crippen LogP contribution in [0.25, 0.3) is 0 Å². The molecule has 2 N–H and O–H groups in total. The highest BCUT2D eigenvalue weighted by atomic mass is 16.3. The van der Waals surface area contributed by atoms with Gasteiger partial charge in [0, 0.05) is 24.0 Å². The molecular formula is C12H15NO3. The van der Waals surface area contributed by atoms with Gasteiger partial charge in [0.05, 0.1) is 11.6 Å². The molecule has 86 valence electrons. The van der Waals surface area contributed by atoms with Gasteiger partial charge in [0.2, 0.25) is 0 Å². The van der Waals surface area contributed by atoms with Crippen molar-refractivity contribution in [3.05, 3.63) is 23.3 Å². The van der Waals surface area contributed by atoms with E-state index in [0.29, 0.717) is 24.0 Å². The molecule has 16 heavy (non-hydrogen) atoms. The summed E-state index contributed by atoms with van der Waals surface area (Å²) < 4.78 is 0. The fourth-order valence-electron chi connectivity index (χ4n) is 2.17. The Morgan fingerprint density at radius 1 is 1.50 bits per heavy atom. The Balaban J connectivity index is 2.31. The number of rotatable bonds is 2. The highest BCUT2D eigenvalue weighted by Crippen LogP contribution is 2.29. The van der Waals surface area contributed by atoms with Gasteiger partial charge in [0.15, 0.2) is 5.78 Å². The van der Waals surface area contributed by atoms with E-state index in [0.717, 1.165) is 0 Å². The zero-order chi connectivity index (χ0) is 11.9. The maximum atomic E-state index is 11.7. The van der Waals surface area contributed by atoms with E-state index in [-0.39, 0.29) is 17.7 Å². The molecule has 0 radical (unpaired) electrons. The van der Waals surface area contributed by atoms with E-state index in [9.17, 15) is 14.7 Å². The second-order valence-electron chi connectivity index (χ2n) is 4.90. The first-order valence-corrected chi connectivity index (χ1v) is 5.35. The molecule has 1 heterocycles. The molecule has 1 unspecified atom stereocenters. The van der Waals surface area contributed by atoms with Crippen LogP contribution in [0.5, 0.6) is 0 Å². The van der Waals surface area contributed by atoms with Crippen LogP contribution in [0.15, 0.2) is 23.3 Å². The molecule has 0 saturated carbocycles. The lowest BCUT2D eigenvalue weighted by Gasteiger charge is -2.23. The first-order chi connectivity index (χ1) is 7.38. The van der Waals surface area contributed by atoms with E-state index in [1.54, 1.807) is 26.0 Å². The van der Waals surface area contributed by atoms with Crippen molar-refractivity contribution in [1.29, 1.82) is 0 Å². The summed E-state index contributed by atoms with van der Waals surface area (Å²) in [6, 6.07) is -0.347. The lowest BCUT2D eigenvalue weighted by molar-refractivity contribution is -0.117. The van der Waals surface area contributed by atoms with Crippen molar-refractivity contribution in [3.8, 4) is 0 Å². The molecule has 0 bridgehead atoms. The van der Waals surface area contributed by atoms with Gasteiger partial charge in [-0.05, 0) is 13.8 Å². The van der Waals surface area contributed by atoms with Crippen LogP contribution in [0.2, 0.25) is 0 Å². The lowest BCUT2D eigenvalue weighted by atomic mass is 9.88. The summed E-state index contributed by atoms with van der Waals surface area (Å²) in [6.07, 6.45) is 4.09. The molecule has 1 amide bonds. The number of allylic oxidation sites excluding steroid dienone is 1. The normalized spacial score (nSPS) is 24.8.